The van der Waals surface area contributed by atoms with Crippen molar-refractivity contribution in [3.05, 3.63) is 70.7 Å². The minimum Gasteiger partial charge on any atom is -0.447 e. The quantitative estimate of drug-likeness (QED) is 0.317. The molecule has 0 aliphatic carbocycles. The van der Waals surface area contributed by atoms with Gasteiger partial charge in [0.05, 0.1) is 5.69 Å². The van der Waals surface area contributed by atoms with Crippen molar-refractivity contribution in [3.8, 4) is 17.1 Å². The first-order chi connectivity index (χ1) is 15.6. The second kappa shape index (κ2) is 8.52. The summed E-state index contributed by atoms with van der Waals surface area (Å²) in [6, 6.07) is 19.8. The molecule has 4 aromatic rings. The number of ether oxygens (including phenoxy) is 1. The molecule has 8 heteroatoms. The number of carbonyl (C=O) groups is 1. The van der Waals surface area contributed by atoms with Crippen molar-refractivity contribution < 1.29 is 9.53 Å². The summed E-state index contributed by atoms with van der Waals surface area (Å²) in [7, 11) is 0. The van der Waals surface area contributed by atoms with Gasteiger partial charge in [0.15, 0.2) is 5.69 Å². The van der Waals surface area contributed by atoms with Crippen molar-refractivity contribution in [1.82, 2.24) is 15.2 Å². The molecule has 1 aliphatic heterocycles. The molecule has 3 aromatic carbocycles. The number of nitrogens with zero attached hydrogens (tertiary/aromatic N) is 4. The summed E-state index contributed by atoms with van der Waals surface area (Å²) >= 11 is 5.03. The molecule has 1 aromatic heterocycles. The lowest BCUT2D eigenvalue weighted by atomic mass is 10.0. The minimum absolute atomic E-state index is 0.143. The van der Waals surface area contributed by atoms with E-state index >= 15 is 0 Å². The Morgan fingerprint density at radius 1 is 1.12 bits per heavy atom. The predicted molar refractivity (Wildman–Crippen MR) is 130 cm³/mol. The average molecular weight is 507 g/mol. The topological polar surface area (TPSA) is 68.2 Å². The Morgan fingerprint density at radius 3 is 2.75 bits per heavy atom. The molecule has 0 bridgehead atoms. The van der Waals surface area contributed by atoms with Crippen molar-refractivity contribution in [3.63, 3.8) is 0 Å². The van der Waals surface area contributed by atoms with Gasteiger partial charge in [-0.15, -0.1) is 10.2 Å². The first kappa shape index (κ1) is 20.9. The van der Waals surface area contributed by atoms with Crippen molar-refractivity contribution >= 4 is 50.1 Å². The van der Waals surface area contributed by atoms with Gasteiger partial charge in [-0.25, -0.2) is 0 Å². The third-order valence-corrected chi connectivity index (χ3v) is 6.48. The van der Waals surface area contributed by atoms with Gasteiger partial charge in [-0.05, 0) is 34.7 Å². The highest BCUT2D eigenvalue weighted by Crippen LogP contribution is 2.45. The van der Waals surface area contributed by atoms with E-state index in [1.54, 1.807) is 11.8 Å². The third-order valence-electron chi connectivity index (χ3n) is 5.27. The van der Waals surface area contributed by atoms with Gasteiger partial charge in [-0.1, -0.05) is 77.1 Å². The van der Waals surface area contributed by atoms with E-state index in [-0.39, 0.29) is 5.91 Å². The van der Waals surface area contributed by atoms with E-state index in [0.29, 0.717) is 22.4 Å². The number of carbonyl (C=O) groups excluding carboxylic acids is 1. The van der Waals surface area contributed by atoms with Gasteiger partial charge in [0.2, 0.25) is 23.2 Å². The molecular weight excluding hydrogens is 488 g/mol. The SMILES string of the molecule is CCSc1nnc2c(n1)O[C@H](c1cccc3ccccc13)N(C(C)=O)c1ccc(Br)cc1-2. The van der Waals surface area contributed by atoms with Gasteiger partial charge in [-0.2, -0.15) is 4.98 Å². The Hall–Kier alpha value is -2.97. The molecular formula is C24H19BrN4O2S. The summed E-state index contributed by atoms with van der Waals surface area (Å²) in [6.45, 7) is 3.57. The molecule has 1 amide bonds. The van der Waals surface area contributed by atoms with Crippen molar-refractivity contribution in [2.24, 2.45) is 0 Å². The predicted octanol–water partition coefficient (Wildman–Crippen LogP) is 6.01. The molecule has 0 N–H and O–H groups in total. The van der Waals surface area contributed by atoms with Gasteiger partial charge in [0.1, 0.15) is 0 Å². The van der Waals surface area contributed by atoms with Gasteiger partial charge in [-0.3, -0.25) is 9.69 Å². The van der Waals surface area contributed by atoms with Crippen LogP contribution in [0.2, 0.25) is 0 Å². The highest BCUT2D eigenvalue weighted by atomic mass is 79.9. The second-order valence-corrected chi connectivity index (χ2v) is 9.42. The zero-order valence-corrected chi connectivity index (χ0v) is 19.9. The van der Waals surface area contributed by atoms with Crippen LogP contribution in [0.3, 0.4) is 0 Å². The van der Waals surface area contributed by atoms with Crippen LogP contribution in [-0.2, 0) is 4.79 Å². The van der Waals surface area contributed by atoms with Crippen LogP contribution in [0.15, 0.2) is 70.3 Å². The Bertz CT molecular complexity index is 1340. The van der Waals surface area contributed by atoms with E-state index in [2.05, 4.69) is 31.1 Å². The number of benzene rings is 3. The van der Waals surface area contributed by atoms with Crippen LogP contribution >= 0.6 is 27.7 Å². The molecule has 5 rings (SSSR count). The molecule has 1 atom stereocenters. The Labute approximate surface area is 198 Å². The maximum Gasteiger partial charge on any atom is 0.247 e. The van der Waals surface area contributed by atoms with E-state index in [4.69, 9.17) is 4.74 Å². The van der Waals surface area contributed by atoms with Gasteiger partial charge in [0, 0.05) is 22.5 Å². The maximum absolute atomic E-state index is 13.0. The van der Waals surface area contributed by atoms with Crippen molar-refractivity contribution in [2.45, 2.75) is 25.2 Å². The van der Waals surface area contributed by atoms with Crippen LogP contribution in [0.1, 0.15) is 25.6 Å². The Kier molecular flexibility index (Phi) is 5.57. The van der Waals surface area contributed by atoms with Crippen LogP contribution in [0.4, 0.5) is 5.69 Å². The van der Waals surface area contributed by atoms with Crippen LogP contribution in [0.25, 0.3) is 22.0 Å². The molecule has 32 heavy (non-hydrogen) atoms. The number of fused-ring (bicyclic) bond motifs is 4. The van der Waals surface area contributed by atoms with E-state index < -0.39 is 6.23 Å². The van der Waals surface area contributed by atoms with Crippen LogP contribution in [0, 0.1) is 0 Å². The lowest BCUT2D eigenvalue weighted by molar-refractivity contribution is -0.118. The molecule has 1 aliphatic rings. The number of anilines is 1. The molecule has 0 saturated heterocycles. The minimum atomic E-state index is -0.712. The van der Waals surface area contributed by atoms with Gasteiger partial charge in [0.25, 0.3) is 0 Å². The number of aromatic nitrogens is 3. The molecule has 0 radical (unpaired) electrons. The number of halogens is 1. The molecule has 0 fully saturated rings. The van der Waals surface area contributed by atoms with E-state index in [1.165, 1.54) is 11.8 Å². The van der Waals surface area contributed by atoms with E-state index in [9.17, 15) is 4.79 Å². The molecule has 2 heterocycles. The van der Waals surface area contributed by atoms with Gasteiger partial charge >= 0.3 is 0 Å². The summed E-state index contributed by atoms with van der Waals surface area (Å²) in [5, 5.41) is 11.3. The zero-order chi connectivity index (χ0) is 22.2. The summed E-state index contributed by atoms with van der Waals surface area (Å²) in [4.78, 5) is 19.3. The summed E-state index contributed by atoms with van der Waals surface area (Å²) in [5.74, 6) is 1.03. The zero-order valence-electron chi connectivity index (χ0n) is 17.4. The van der Waals surface area contributed by atoms with E-state index in [0.717, 1.165) is 32.1 Å². The monoisotopic (exact) mass is 506 g/mol. The van der Waals surface area contributed by atoms with Gasteiger partial charge < -0.3 is 4.74 Å². The summed E-state index contributed by atoms with van der Waals surface area (Å²) < 4.78 is 7.36. The largest absolute Gasteiger partial charge is 0.447 e. The van der Waals surface area contributed by atoms with Crippen LogP contribution in [-0.4, -0.2) is 26.8 Å². The lowest BCUT2D eigenvalue weighted by Gasteiger charge is -2.30. The highest BCUT2D eigenvalue weighted by Gasteiger charge is 2.35. The number of amides is 1. The lowest BCUT2D eigenvalue weighted by Crippen LogP contribution is -2.36. The van der Waals surface area contributed by atoms with Crippen molar-refractivity contribution in [2.75, 3.05) is 10.7 Å². The molecule has 0 saturated carbocycles. The Morgan fingerprint density at radius 2 is 1.94 bits per heavy atom. The standard InChI is InChI=1S/C24H19BrN4O2S/c1-3-32-24-26-22-21(27-28-24)19-13-16(25)11-12-20(19)29(14(2)30)23(31-22)18-10-6-8-15-7-4-5-9-17(15)18/h4-13,23H,3H2,1-2H3/t23-/m1/s1. The molecule has 160 valence electrons. The second-order valence-electron chi connectivity index (χ2n) is 7.27. The fourth-order valence-electron chi connectivity index (χ4n) is 3.94. The number of rotatable bonds is 3. The number of hydrogen-bond donors (Lipinski definition) is 0. The van der Waals surface area contributed by atoms with E-state index in [1.807, 2.05) is 67.6 Å². The molecule has 6 nitrogen and oxygen atoms in total. The van der Waals surface area contributed by atoms with Crippen LogP contribution in [0.5, 0.6) is 5.88 Å². The number of hydrogen-bond acceptors (Lipinski definition) is 6. The number of thioether (sulfide) groups is 1. The summed E-state index contributed by atoms with van der Waals surface area (Å²) in [5.41, 5.74) is 2.82. The third kappa shape index (κ3) is 3.63. The maximum atomic E-state index is 13.0. The fourth-order valence-corrected chi connectivity index (χ4v) is 4.80. The molecule has 0 spiro atoms. The fraction of sp³-hybridized carbons (Fsp3) is 0.167. The average Bonchev–Trinajstić information content (AvgIpc) is 2.93. The van der Waals surface area contributed by atoms with Crippen molar-refractivity contribution in [1.29, 1.82) is 0 Å². The first-order valence-corrected chi connectivity index (χ1v) is 12.0. The summed E-state index contributed by atoms with van der Waals surface area (Å²) in [6.07, 6.45) is -0.712. The molecule has 0 unspecified atom stereocenters. The first-order valence-electron chi connectivity index (χ1n) is 10.2. The smallest absolute Gasteiger partial charge is 0.247 e. The highest BCUT2D eigenvalue weighted by molar-refractivity contribution is 9.10. The van der Waals surface area contributed by atoms with Crippen LogP contribution < -0.4 is 9.64 Å². The Balaban J connectivity index is 1.80. The normalized spacial score (nSPS) is 15.0.